The molecule has 1 aromatic heterocycles. The molecule has 2 fully saturated rings. The van der Waals surface area contributed by atoms with Crippen LogP contribution >= 0.6 is 0 Å². The summed E-state index contributed by atoms with van der Waals surface area (Å²) in [6, 6.07) is 0.997. The molecule has 5 nitrogen and oxygen atoms in total. The Morgan fingerprint density at radius 1 is 1.40 bits per heavy atom. The predicted octanol–water partition coefficient (Wildman–Crippen LogP) is 3.42. The molecule has 0 N–H and O–H groups in total. The van der Waals surface area contributed by atoms with Crippen LogP contribution in [-0.2, 0) is 10.9 Å². The van der Waals surface area contributed by atoms with E-state index in [1.807, 2.05) is 6.92 Å². The minimum atomic E-state index is -4.50. The summed E-state index contributed by atoms with van der Waals surface area (Å²) in [5, 5.41) is 0. The van der Waals surface area contributed by atoms with Gasteiger partial charge in [0, 0.05) is 12.1 Å². The fourth-order valence-electron chi connectivity index (χ4n) is 3.80. The van der Waals surface area contributed by atoms with Crippen LogP contribution in [0.5, 0.6) is 5.88 Å². The van der Waals surface area contributed by atoms with Crippen molar-refractivity contribution in [2.24, 2.45) is 0 Å². The van der Waals surface area contributed by atoms with Crippen LogP contribution in [0.3, 0.4) is 0 Å². The summed E-state index contributed by atoms with van der Waals surface area (Å²) in [5.41, 5.74) is -0.996. The van der Waals surface area contributed by atoms with Crippen LogP contribution in [0.15, 0.2) is 24.7 Å². The summed E-state index contributed by atoms with van der Waals surface area (Å²) in [6.45, 7) is 7.47. The van der Waals surface area contributed by atoms with Gasteiger partial charge in [0.15, 0.2) is 5.69 Å². The molecule has 2 atom stereocenters. The second-order valence-electron chi connectivity index (χ2n) is 6.75. The number of halogens is 3. The smallest absolute Gasteiger partial charge is 0.433 e. The molecule has 0 saturated carbocycles. The normalized spacial score (nSPS) is 26.5. The first-order valence-corrected chi connectivity index (χ1v) is 8.37. The van der Waals surface area contributed by atoms with Gasteiger partial charge in [0.2, 0.25) is 5.88 Å². The molecule has 2 aliphatic rings. The van der Waals surface area contributed by atoms with Gasteiger partial charge in [-0.05, 0) is 39.2 Å². The summed E-state index contributed by atoms with van der Waals surface area (Å²) in [7, 11) is 0. The number of nitrogens with zero attached hydrogens (tertiary/aromatic N) is 3. The summed E-state index contributed by atoms with van der Waals surface area (Å²) >= 11 is 0. The van der Waals surface area contributed by atoms with Gasteiger partial charge in [0.1, 0.15) is 19.5 Å². The molecule has 0 spiro atoms. The molecule has 0 aliphatic carbocycles. The SMILES string of the molecule is C=C(C)OCC12CCCN1C(COc1cc(C(F)(F)F)ncn1)CC2. The molecule has 138 valence electrons. The van der Waals surface area contributed by atoms with E-state index in [4.69, 9.17) is 9.47 Å². The molecule has 0 bridgehead atoms. The zero-order chi connectivity index (χ0) is 18.1. The van der Waals surface area contributed by atoms with Crippen molar-refractivity contribution in [1.29, 1.82) is 0 Å². The number of aromatic nitrogens is 2. The van der Waals surface area contributed by atoms with Gasteiger partial charge in [-0.1, -0.05) is 6.58 Å². The number of ether oxygens (including phenoxy) is 2. The maximum Gasteiger partial charge on any atom is 0.433 e. The Kier molecular flexibility index (Phi) is 4.90. The number of allylic oxidation sites excluding steroid dienone is 1. The van der Waals surface area contributed by atoms with E-state index in [1.165, 1.54) is 0 Å². The Balaban J connectivity index is 1.62. The van der Waals surface area contributed by atoms with E-state index in [0.29, 0.717) is 19.0 Å². The van der Waals surface area contributed by atoms with Gasteiger partial charge in [-0.15, -0.1) is 0 Å². The Labute approximate surface area is 144 Å². The van der Waals surface area contributed by atoms with E-state index in [2.05, 4.69) is 21.4 Å². The Bertz CT molecular complexity index is 638. The topological polar surface area (TPSA) is 47.5 Å². The maximum atomic E-state index is 12.7. The Hall–Kier alpha value is -1.83. The van der Waals surface area contributed by atoms with Crippen molar-refractivity contribution in [2.45, 2.75) is 50.4 Å². The van der Waals surface area contributed by atoms with E-state index in [-0.39, 0.29) is 17.5 Å². The highest BCUT2D eigenvalue weighted by molar-refractivity contribution is 5.16. The van der Waals surface area contributed by atoms with Crippen LogP contribution in [0, 0.1) is 0 Å². The molecule has 8 heteroatoms. The molecule has 0 radical (unpaired) electrons. The van der Waals surface area contributed by atoms with Gasteiger partial charge >= 0.3 is 6.18 Å². The van der Waals surface area contributed by atoms with Gasteiger partial charge in [0.25, 0.3) is 0 Å². The van der Waals surface area contributed by atoms with Gasteiger partial charge in [-0.25, -0.2) is 9.97 Å². The largest absolute Gasteiger partial charge is 0.497 e. The van der Waals surface area contributed by atoms with Crippen LogP contribution < -0.4 is 4.74 Å². The van der Waals surface area contributed by atoms with E-state index in [1.54, 1.807) is 0 Å². The van der Waals surface area contributed by atoms with E-state index in [0.717, 1.165) is 44.6 Å². The molecule has 2 aliphatic heterocycles. The molecule has 0 amide bonds. The van der Waals surface area contributed by atoms with Crippen molar-refractivity contribution in [1.82, 2.24) is 14.9 Å². The van der Waals surface area contributed by atoms with E-state index < -0.39 is 11.9 Å². The quantitative estimate of drug-likeness (QED) is 0.730. The number of alkyl halides is 3. The third-order valence-corrected chi connectivity index (χ3v) is 4.98. The summed E-state index contributed by atoms with van der Waals surface area (Å²) < 4.78 is 49.4. The van der Waals surface area contributed by atoms with Gasteiger partial charge < -0.3 is 9.47 Å². The van der Waals surface area contributed by atoms with Crippen molar-refractivity contribution in [3.8, 4) is 5.88 Å². The van der Waals surface area contributed by atoms with Crippen LogP contribution in [-0.4, -0.2) is 46.2 Å². The van der Waals surface area contributed by atoms with Crippen molar-refractivity contribution in [3.05, 3.63) is 30.4 Å². The van der Waals surface area contributed by atoms with Crippen molar-refractivity contribution in [3.63, 3.8) is 0 Å². The number of rotatable bonds is 6. The molecular weight excluding hydrogens is 335 g/mol. The third-order valence-electron chi connectivity index (χ3n) is 4.98. The maximum absolute atomic E-state index is 12.7. The lowest BCUT2D eigenvalue weighted by molar-refractivity contribution is -0.141. The van der Waals surface area contributed by atoms with Crippen molar-refractivity contribution < 1.29 is 22.6 Å². The summed E-state index contributed by atoms with van der Waals surface area (Å²) in [5.74, 6) is 0.652. The Morgan fingerprint density at radius 3 is 2.92 bits per heavy atom. The van der Waals surface area contributed by atoms with E-state index in [9.17, 15) is 13.2 Å². The number of hydrogen-bond acceptors (Lipinski definition) is 5. The zero-order valence-electron chi connectivity index (χ0n) is 14.2. The van der Waals surface area contributed by atoms with Gasteiger partial charge in [0.05, 0.1) is 11.3 Å². The standard InChI is InChI=1S/C17H22F3N3O2/c1-12(2)25-10-16-5-3-7-23(16)13(4-6-16)9-24-15-8-14(17(18,19)20)21-11-22-15/h8,11,13H,1,3-7,9-10H2,2H3. The lowest BCUT2D eigenvalue weighted by Crippen LogP contribution is -2.47. The Morgan fingerprint density at radius 2 is 2.20 bits per heavy atom. The second-order valence-corrected chi connectivity index (χ2v) is 6.75. The fraction of sp³-hybridized carbons (Fsp3) is 0.647. The first kappa shape index (κ1) is 18.0. The van der Waals surface area contributed by atoms with E-state index >= 15 is 0 Å². The van der Waals surface area contributed by atoms with Crippen LogP contribution in [0.25, 0.3) is 0 Å². The molecule has 2 saturated heterocycles. The van der Waals surface area contributed by atoms with Crippen molar-refractivity contribution in [2.75, 3.05) is 19.8 Å². The third kappa shape index (κ3) is 3.89. The lowest BCUT2D eigenvalue weighted by Gasteiger charge is -2.34. The first-order chi connectivity index (χ1) is 11.8. The highest BCUT2D eigenvalue weighted by Gasteiger charge is 2.49. The lowest BCUT2D eigenvalue weighted by atomic mass is 9.95. The fourth-order valence-corrected chi connectivity index (χ4v) is 3.80. The average Bonchev–Trinajstić information content (AvgIpc) is 3.10. The summed E-state index contributed by atoms with van der Waals surface area (Å²) in [4.78, 5) is 9.41. The predicted molar refractivity (Wildman–Crippen MR) is 85.0 cm³/mol. The summed E-state index contributed by atoms with van der Waals surface area (Å²) in [6.07, 6.45) is 0.443. The molecule has 1 aromatic rings. The van der Waals surface area contributed by atoms with Crippen LogP contribution in [0.2, 0.25) is 0 Å². The molecular formula is C17H22F3N3O2. The van der Waals surface area contributed by atoms with Crippen LogP contribution in [0.4, 0.5) is 13.2 Å². The average molecular weight is 357 g/mol. The van der Waals surface area contributed by atoms with Gasteiger partial charge in [-0.3, -0.25) is 4.90 Å². The molecule has 3 rings (SSSR count). The van der Waals surface area contributed by atoms with Crippen LogP contribution in [0.1, 0.15) is 38.3 Å². The number of fused-ring (bicyclic) bond motifs is 1. The minimum Gasteiger partial charge on any atom is -0.497 e. The highest BCUT2D eigenvalue weighted by Crippen LogP contribution is 2.43. The molecule has 2 unspecified atom stereocenters. The minimum absolute atomic E-state index is 0.00419. The molecule has 25 heavy (non-hydrogen) atoms. The second kappa shape index (κ2) is 6.82. The van der Waals surface area contributed by atoms with Crippen molar-refractivity contribution >= 4 is 0 Å². The molecule has 0 aromatic carbocycles. The first-order valence-electron chi connectivity index (χ1n) is 8.37. The monoisotopic (exact) mass is 357 g/mol. The zero-order valence-corrected chi connectivity index (χ0v) is 14.2. The van der Waals surface area contributed by atoms with Gasteiger partial charge in [-0.2, -0.15) is 13.2 Å². The molecule has 3 heterocycles. The highest BCUT2D eigenvalue weighted by atomic mass is 19.4. The number of hydrogen-bond donors (Lipinski definition) is 0.